The molecule has 0 radical (unpaired) electrons. The van der Waals surface area contributed by atoms with Crippen molar-refractivity contribution in [3.8, 4) is 17.2 Å². The molecule has 2 amide bonds. The third kappa shape index (κ3) is 3.70. The highest BCUT2D eigenvalue weighted by Gasteiger charge is 2.06. The standard InChI is InChI=1S/C17H15N3O2/c1-19-17(22)14-4-2-3-13(11-14)12-5-7-15(8-6-12)20-16(21)9-10-18/h2-8,11H,9H2,1H3,(H,19,22)(H,20,21). The summed E-state index contributed by atoms with van der Waals surface area (Å²) in [6.45, 7) is 0. The number of carbonyl (C=O) groups excluding carboxylic acids is 2. The molecule has 2 aromatic carbocycles. The first-order valence-electron chi connectivity index (χ1n) is 6.73. The molecule has 2 rings (SSSR count). The number of rotatable bonds is 4. The average Bonchev–Trinajstić information content (AvgIpc) is 2.55. The third-order valence-corrected chi connectivity index (χ3v) is 3.09. The minimum absolute atomic E-state index is 0.137. The number of benzene rings is 2. The Balaban J connectivity index is 2.19. The van der Waals surface area contributed by atoms with Gasteiger partial charge in [-0.15, -0.1) is 0 Å². The van der Waals surface area contributed by atoms with E-state index in [2.05, 4.69) is 10.6 Å². The quantitative estimate of drug-likeness (QED) is 0.909. The molecule has 0 heterocycles. The lowest BCUT2D eigenvalue weighted by atomic mass is 10.0. The van der Waals surface area contributed by atoms with E-state index in [1.807, 2.05) is 30.3 Å². The second kappa shape index (κ2) is 7.04. The van der Waals surface area contributed by atoms with Crippen LogP contribution in [0.1, 0.15) is 16.8 Å². The maximum absolute atomic E-state index is 11.6. The van der Waals surface area contributed by atoms with Crippen molar-refractivity contribution in [2.75, 3.05) is 12.4 Å². The van der Waals surface area contributed by atoms with Crippen molar-refractivity contribution in [2.45, 2.75) is 6.42 Å². The predicted octanol–water partition coefficient (Wildman–Crippen LogP) is 2.57. The minimum Gasteiger partial charge on any atom is -0.355 e. The van der Waals surface area contributed by atoms with Gasteiger partial charge in [-0.2, -0.15) is 5.26 Å². The predicted molar refractivity (Wildman–Crippen MR) is 84.1 cm³/mol. The van der Waals surface area contributed by atoms with Crippen LogP contribution in [-0.2, 0) is 4.79 Å². The number of anilines is 1. The van der Waals surface area contributed by atoms with E-state index in [-0.39, 0.29) is 18.2 Å². The Bertz CT molecular complexity index is 730. The van der Waals surface area contributed by atoms with Gasteiger partial charge in [0.15, 0.2) is 0 Å². The van der Waals surface area contributed by atoms with Crippen LogP contribution in [0.4, 0.5) is 5.69 Å². The van der Waals surface area contributed by atoms with Crippen LogP contribution < -0.4 is 10.6 Å². The van der Waals surface area contributed by atoms with Crippen LogP contribution in [0.5, 0.6) is 0 Å². The number of hydrogen-bond acceptors (Lipinski definition) is 3. The lowest BCUT2D eigenvalue weighted by Crippen LogP contribution is -2.17. The first kappa shape index (κ1) is 15.3. The van der Waals surface area contributed by atoms with Crippen molar-refractivity contribution in [3.63, 3.8) is 0 Å². The molecule has 0 saturated carbocycles. The maximum atomic E-state index is 11.6. The Labute approximate surface area is 128 Å². The van der Waals surface area contributed by atoms with Gasteiger partial charge in [0, 0.05) is 18.3 Å². The van der Waals surface area contributed by atoms with Gasteiger partial charge < -0.3 is 10.6 Å². The van der Waals surface area contributed by atoms with E-state index in [1.165, 1.54) is 0 Å². The molecule has 0 aliphatic rings. The van der Waals surface area contributed by atoms with Crippen LogP contribution in [-0.4, -0.2) is 18.9 Å². The van der Waals surface area contributed by atoms with Crippen LogP contribution in [0.25, 0.3) is 11.1 Å². The molecule has 0 atom stereocenters. The Morgan fingerprint density at radius 1 is 1.09 bits per heavy atom. The number of nitrogens with one attached hydrogen (secondary N) is 2. The molecule has 0 bridgehead atoms. The summed E-state index contributed by atoms with van der Waals surface area (Å²) in [5.74, 6) is -0.473. The van der Waals surface area contributed by atoms with Gasteiger partial charge in [-0.25, -0.2) is 0 Å². The molecule has 5 nitrogen and oxygen atoms in total. The van der Waals surface area contributed by atoms with Crippen molar-refractivity contribution in [3.05, 3.63) is 54.1 Å². The summed E-state index contributed by atoms with van der Waals surface area (Å²) in [5.41, 5.74) is 3.07. The van der Waals surface area contributed by atoms with Gasteiger partial charge in [-0.05, 0) is 35.4 Å². The molecule has 2 aromatic rings. The van der Waals surface area contributed by atoms with E-state index in [9.17, 15) is 9.59 Å². The fraction of sp³-hybridized carbons (Fsp3) is 0.118. The summed E-state index contributed by atoms with van der Waals surface area (Å²) < 4.78 is 0. The summed E-state index contributed by atoms with van der Waals surface area (Å²) in [5, 5.41) is 13.7. The Hall–Kier alpha value is -3.13. The van der Waals surface area contributed by atoms with Crippen molar-refractivity contribution in [1.82, 2.24) is 5.32 Å². The molecular weight excluding hydrogens is 278 g/mol. The van der Waals surface area contributed by atoms with Crippen LogP contribution in [0.15, 0.2) is 48.5 Å². The number of nitriles is 1. The molecule has 0 spiro atoms. The maximum Gasteiger partial charge on any atom is 0.251 e. The number of nitrogens with zero attached hydrogens (tertiary/aromatic N) is 1. The second-order valence-electron chi connectivity index (χ2n) is 4.62. The summed E-state index contributed by atoms with van der Waals surface area (Å²) in [6.07, 6.45) is -0.171. The molecule has 5 heteroatoms. The first-order chi connectivity index (χ1) is 10.6. The molecule has 0 saturated heterocycles. The summed E-state index contributed by atoms with van der Waals surface area (Å²) in [6, 6.07) is 16.3. The van der Waals surface area contributed by atoms with Crippen molar-refractivity contribution >= 4 is 17.5 Å². The third-order valence-electron chi connectivity index (χ3n) is 3.09. The second-order valence-corrected chi connectivity index (χ2v) is 4.62. The molecule has 2 N–H and O–H groups in total. The van der Waals surface area contributed by atoms with Crippen LogP contribution in [0.2, 0.25) is 0 Å². The van der Waals surface area contributed by atoms with Gasteiger partial charge >= 0.3 is 0 Å². The molecule has 0 aromatic heterocycles. The Morgan fingerprint density at radius 2 is 1.82 bits per heavy atom. The summed E-state index contributed by atoms with van der Waals surface area (Å²) in [4.78, 5) is 23.0. The number of hydrogen-bond donors (Lipinski definition) is 2. The van der Waals surface area contributed by atoms with Gasteiger partial charge in [-0.1, -0.05) is 24.3 Å². The molecule has 0 aliphatic carbocycles. The highest BCUT2D eigenvalue weighted by Crippen LogP contribution is 2.22. The van der Waals surface area contributed by atoms with Crippen molar-refractivity contribution < 1.29 is 9.59 Å². The van der Waals surface area contributed by atoms with Gasteiger partial charge in [0.05, 0.1) is 6.07 Å². The van der Waals surface area contributed by atoms with Gasteiger partial charge in [-0.3, -0.25) is 9.59 Å². The van der Waals surface area contributed by atoms with Gasteiger partial charge in [0.1, 0.15) is 6.42 Å². The summed E-state index contributed by atoms with van der Waals surface area (Å²) >= 11 is 0. The first-order valence-corrected chi connectivity index (χ1v) is 6.73. The van der Waals surface area contributed by atoms with Crippen molar-refractivity contribution in [1.29, 1.82) is 5.26 Å². The van der Waals surface area contributed by atoms with Gasteiger partial charge in [0.25, 0.3) is 5.91 Å². The zero-order valence-corrected chi connectivity index (χ0v) is 12.1. The zero-order chi connectivity index (χ0) is 15.9. The highest BCUT2D eigenvalue weighted by atomic mass is 16.2. The lowest BCUT2D eigenvalue weighted by Gasteiger charge is -2.07. The van der Waals surface area contributed by atoms with E-state index in [4.69, 9.17) is 5.26 Å². The number of amides is 2. The lowest BCUT2D eigenvalue weighted by molar-refractivity contribution is -0.115. The van der Waals surface area contributed by atoms with Crippen molar-refractivity contribution in [2.24, 2.45) is 0 Å². The normalized spacial score (nSPS) is 9.64. The smallest absolute Gasteiger partial charge is 0.251 e. The number of carbonyl (C=O) groups is 2. The topological polar surface area (TPSA) is 82.0 Å². The summed E-state index contributed by atoms with van der Waals surface area (Å²) in [7, 11) is 1.59. The molecule has 0 fully saturated rings. The molecular formula is C17H15N3O2. The Kier molecular flexibility index (Phi) is 4.89. The fourth-order valence-corrected chi connectivity index (χ4v) is 2.01. The van der Waals surface area contributed by atoms with E-state index in [0.717, 1.165) is 11.1 Å². The van der Waals surface area contributed by atoms with Gasteiger partial charge in [0.2, 0.25) is 5.91 Å². The molecule has 0 aliphatic heterocycles. The monoisotopic (exact) mass is 293 g/mol. The van der Waals surface area contributed by atoms with E-state index in [1.54, 1.807) is 31.3 Å². The fourth-order valence-electron chi connectivity index (χ4n) is 2.01. The van der Waals surface area contributed by atoms with Crippen LogP contribution in [0.3, 0.4) is 0 Å². The minimum atomic E-state index is -0.336. The Morgan fingerprint density at radius 3 is 2.45 bits per heavy atom. The molecule has 22 heavy (non-hydrogen) atoms. The van der Waals surface area contributed by atoms with Crippen LogP contribution in [0, 0.1) is 11.3 Å². The van der Waals surface area contributed by atoms with Crippen LogP contribution >= 0.6 is 0 Å². The largest absolute Gasteiger partial charge is 0.355 e. The SMILES string of the molecule is CNC(=O)c1cccc(-c2ccc(NC(=O)CC#N)cc2)c1. The molecule has 0 unspecified atom stereocenters. The average molecular weight is 293 g/mol. The highest BCUT2D eigenvalue weighted by molar-refractivity contribution is 5.95. The van der Waals surface area contributed by atoms with E-state index >= 15 is 0 Å². The zero-order valence-electron chi connectivity index (χ0n) is 12.1. The molecule has 110 valence electrons. The van der Waals surface area contributed by atoms with E-state index in [0.29, 0.717) is 11.3 Å². The van der Waals surface area contributed by atoms with E-state index < -0.39 is 0 Å².